The second-order valence-electron chi connectivity index (χ2n) is 12.3. The molecule has 2 heterocycles. The van der Waals surface area contributed by atoms with Crippen LogP contribution in [0.4, 0.5) is 15.6 Å². The lowest BCUT2D eigenvalue weighted by Crippen LogP contribution is -2.45. The van der Waals surface area contributed by atoms with Gasteiger partial charge in [0, 0.05) is 56.9 Å². The number of piperazine rings is 1. The summed E-state index contributed by atoms with van der Waals surface area (Å²) in [7, 11) is 2.19. The van der Waals surface area contributed by atoms with Gasteiger partial charge >= 0.3 is 12.1 Å². The predicted octanol–water partition coefficient (Wildman–Crippen LogP) is 6.14. The van der Waals surface area contributed by atoms with E-state index in [-0.39, 0.29) is 0 Å². The van der Waals surface area contributed by atoms with Gasteiger partial charge in [-0.3, -0.25) is 0 Å². The Kier molecular flexibility index (Phi) is 11.8. The third-order valence-electron chi connectivity index (χ3n) is 7.53. The molecule has 0 unspecified atom stereocenters. The first-order valence-corrected chi connectivity index (χ1v) is 16.4. The molecule has 0 spiro atoms. The fourth-order valence-corrected chi connectivity index (χ4v) is 5.88. The van der Waals surface area contributed by atoms with Crippen molar-refractivity contribution in [1.29, 1.82) is 0 Å². The summed E-state index contributed by atoms with van der Waals surface area (Å²) in [4.78, 5) is 36.3. The number of likely N-dealkylation sites (N-methyl/N-ethyl adjacent to an activating group) is 1. The van der Waals surface area contributed by atoms with E-state index in [0.717, 1.165) is 61.5 Å². The molecular formula is C34H47N5O4S. The SMILES string of the molecule is CCOC(=O)c1csc(N(CCCNC(=O)OC(C)(C)C)c2cc(-c3ccc(CCN4CCN(C)CC4)cc3)ccc2C)n1. The second kappa shape index (κ2) is 15.5. The Bertz CT molecular complexity index is 1380. The topological polar surface area (TPSA) is 87.2 Å². The summed E-state index contributed by atoms with van der Waals surface area (Å²) in [6.45, 7) is 16.3. The summed E-state index contributed by atoms with van der Waals surface area (Å²) >= 11 is 1.40. The zero-order valence-electron chi connectivity index (χ0n) is 27.0. The lowest BCUT2D eigenvalue weighted by Gasteiger charge is -2.32. The quantitative estimate of drug-likeness (QED) is 0.191. The van der Waals surface area contributed by atoms with Crippen molar-refractivity contribution in [2.45, 2.75) is 53.1 Å². The van der Waals surface area contributed by atoms with Crippen LogP contribution in [-0.4, -0.2) is 91.9 Å². The number of hydrogen-bond donors (Lipinski definition) is 1. The maximum absolute atomic E-state index is 12.4. The van der Waals surface area contributed by atoms with Gasteiger partial charge in [0.2, 0.25) is 0 Å². The fourth-order valence-electron chi connectivity index (χ4n) is 5.05. The van der Waals surface area contributed by atoms with Gasteiger partial charge in [-0.05, 0) is 82.8 Å². The number of amides is 1. The largest absolute Gasteiger partial charge is 0.461 e. The minimum absolute atomic E-state index is 0.293. The number of nitrogens with zero attached hydrogens (tertiary/aromatic N) is 4. The van der Waals surface area contributed by atoms with E-state index in [1.807, 2.05) is 20.8 Å². The van der Waals surface area contributed by atoms with Gasteiger partial charge < -0.3 is 29.5 Å². The maximum Gasteiger partial charge on any atom is 0.407 e. The van der Waals surface area contributed by atoms with Crippen LogP contribution in [0.25, 0.3) is 11.1 Å². The summed E-state index contributed by atoms with van der Waals surface area (Å²) in [6, 6.07) is 15.3. The molecule has 0 bridgehead atoms. The third-order valence-corrected chi connectivity index (χ3v) is 8.40. The Morgan fingerprint density at radius 3 is 2.43 bits per heavy atom. The molecule has 0 aliphatic carbocycles. The van der Waals surface area contributed by atoms with Crippen molar-refractivity contribution in [2.24, 2.45) is 0 Å². The third kappa shape index (κ3) is 9.77. The predicted molar refractivity (Wildman–Crippen MR) is 178 cm³/mol. The van der Waals surface area contributed by atoms with Gasteiger partial charge in [0.25, 0.3) is 0 Å². The maximum atomic E-state index is 12.4. The van der Waals surface area contributed by atoms with E-state index in [1.54, 1.807) is 12.3 Å². The molecule has 1 amide bonds. The van der Waals surface area contributed by atoms with Crippen molar-refractivity contribution in [3.8, 4) is 11.1 Å². The first-order chi connectivity index (χ1) is 21.0. The number of hydrogen-bond acceptors (Lipinski definition) is 9. The van der Waals surface area contributed by atoms with Crippen molar-refractivity contribution in [3.05, 3.63) is 64.7 Å². The first kappa shape index (κ1) is 33.4. The molecule has 1 saturated heterocycles. The van der Waals surface area contributed by atoms with Gasteiger partial charge in [-0.25, -0.2) is 14.6 Å². The molecule has 1 aliphatic rings. The molecule has 10 heteroatoms. The van der Waals surface area contributed by atoms with Crippen LogP contribution in [0.5, 0.6) is 0 Å². The zero-order valence-corrected chi connectivity index (χ0v) is 27.8. The summed E-state index contributed by atoms with van der Waals surface area (Å²) in [5, 5.41) is 5.28. The lowest BCUT2D eigenvalue weighted by molar-refractivity contribution is 0.0512. The number of thiazole rings is 1. The summed E-state index contributed by atoms with van der Waals surface area (Å²) < 4.78 is 10.6. The highest BCUT2D eigenvalue weighted by Gasteiger charge is 2.21. The smallest absolute Gasteiger partial charge is 0.407 e. The number of rotatable bonds is 12. The van der Waals surface area contributed by atoms with E-state index < -0.39 is 17.7 Å². The Labute approximate surface area is 266 Å². The van der Waals surface area contributed by atoms with E-state index in [2.05, 4.69) is 81.4 Å². The summed E-state index contributed by atoms with van der Waals surface area (Å²) in [5.74, 6) is -0.431. The van der Waals surface area contributed by atoms with E-state index in [1.165, 1.54) is 16.9 Å². The van der Waals surface area contributed by atoms with Crippen LogP contribution < -0.4 is 10.2 Å². The highest BCUT2D eigenvalue weighted by Crippen LogP contribution is 2.35. The summed E-state index contributed by atoms with van der Waals surface area (Å²) in [6.07, 6.45) is 1.26. The van der Waals surface area contributed by atoms with Gasteiger partial charge in [0.1, 0.15) is 5.60 Å². The van der Waals surface area contributed by atoms with Crippen LogP contribution in [0.15, 0.2) is 47.8 Å². The number of alkyl carbamates (subject to hydrolysis) is 1. The average Bonchev–Trinajstić information content (AvgIpc) is 3.47. The van der Waals surface area contributed by atoms with Crippen LogP contribution in [-0.2, 0) is 15.9 Å². The monoisotopic (exact) mass is 621 g/mol. The van der Waals surface area contributed by atoms with Crippen LogP contribution >= 0.6 is 11.3 Å². The van der Waals surface area contributed by atoms with E-state index in [4.69, 9.17) is 9.47 Å². The number of aromatic nitrogens is 1. The molecule has 1 aliphatic heterocycles. The number of esters is 1. The highest BCUT2D eigenvalue weighted by atomic mass is 32.1. The van der Waals surface area contributed by atoms with E-state index >= 15 is 0 Å². The normalized spacial score (nSPS) is 14.3. The summed E-state index contributed by atoms with van der Waals surface area (Å²) in [5.41, 5.74) is 5.43. The molecule has 3 aromatic rings. The first-order valence-electron chi connectivity index (χ1n) is 15.5. The van der Waals surface area contributed by atoms with Crippen molar-refractivity contribution < 1.29 is 19.1 Å². The van der Waals surface area contributed by atoms with Crippen molar-refractivity contribution in [2.75, 3.05) is 64.4 Å². The minimum atomic E-state index is -0.555. The molecule has 9 nitrogen and oxygen atoms in total. The molecule has 1 N–H and O–H groups in total. The Hall–Kier alpha value is -3.47. The lowest BCUT2D eigenvalue weighted by atomic mass is 10.00. The fraction of sp³-hybridized carbons (Fsp3) is 0.500. The number of anilines is 2. The van der Waals surface area contributed by atoms with Gasteiger partial charge in [-0.15, -0.1) is 11.3 Å². The minimum Gasteiger partial charge on any atom is -0.461 e. The van der Waals surface area contributed by atoms with Crippen LogP contribution in [0.1, 0.15) is 55.7 Å². The van der Waals surface area contributed by atoms with E-state index in [0.29, 0.717) is 36.9 Å². The number of aryl methyl sites for hydroxylation is 1. The number of carbonyl (C=O) groups is 2. The average molecular weight is 622 g/mol. The molecule has 0 radical (unpaired) electrons. The molecule has 1 aromatic heterocycles. The Balaban J connectivity index is 1.50. The van der Waals surface area contributed by atoms with Crippen molar-refractivity contribution >= 4 is 34.2 Å². The highest BCUT2D eigenvalue weighted by molar-refractivity contribution is 7.14. The van der Waals surface area contributed by atoms with Crippen molar-refractivity contribution in [3.63, 3.8) is 0 Å². The van der Waals surface area contributed by atoms with E-state index in [9.17, 15) is 9.59 Å². The Morgan fingerprint density at radius 2 is 1.75 bits per heavy atom. The van der Waals surface area contributed by atoms with Gasteiger partial charge in [-0.1, -0.05) is 36.4 Å². The second-order valence-corrected chi connectivity index (χ2v) is 13.1. The molecule has 0 saturated carbocycles. The number of nitrogens with one attached hydrogen (secondary N) is 1. The standard InChI is InChI=1S/C34H47N5O4S/c1-7-42-31(40)29-24-44-32(36-29)39(17-8-16-35-33(41)43-34(3,4)5)30-23-28(12-9-25(30)2)27-13-10-26(11-14-27)15-18-38-21-19-37(6)20-22-38/h9-14,23-24H,7-8,15-22H2,1-6H3,(H,35,41). The van der Waals surface area contributed by atoms with Crippen LogP contribution in [0.3, 0.4) is 0 Å². The zero-order chi connectivity index (χ0) is 31.7. The molecule has 0 atom stereocenters. The number of ether oxygens (including phenoxy) is 2. The van der Waals surface area contributed by atoms with Crippen LogP contribution in [0, 0.1) is 6.92 Å². The molecule has 44 heavy (non-hydrogen) atoms. The molecular weight excluding hydrogens is 574 g/mol. The van der Waals surface area contributed by atoms with Gasteiger partial charge in [0.15, 0.2) is 10.8 Å². The molecule has 2 aromatic carbocycles. The Morgan fingerprint density at radius 1 is 1.05 bits per heavy atom. The molecule has 238 valence electrons. The number of benzene rings is 2. The molecule has 4 rings (SSSR count). The van der Waals surface area contributed by atoms with Gasteiger partial charge in [0.05, 0.1) is 6.61 Å². The van der Waals surface area contributed by atoms with Crippen molar-refractivity contribution in [1.82, 2.24) is 20.1 Å². The molecule has 1 fully saturated rings. The van der Waals surface area contributed by atoms with Crippen LogP contribution in [0.2, 0.25) is 0 Å². The van der Waals surface area contributed by atoms with Gasteiger partial charge in [-0.2, -0.15) is 0 Å². The number of carbonyl (C=O) groups excluding carboxylic acids is 2.